The Bertz CT molecular complexity index is 2050. The smallest absolute Gasteiger partial charge is 0.316 e. The van der Waals surface area contributed by atoms with E-state index in [1.807, 2.05) is 45.1 Å². The number of hydrogen-bond donors (Lipinski definition) is 2. The summed E-state index contributed by atoms with van der Waals surface area (Å²) in [5, 5.41) is 13.1. The summed E-state index contributed by atoms with van der Waals surface area (Å²) in [7, 11) is 0.939. The van der Waals surface area contributed by atoms with Crippen molar-refractivity contribution in [2.24, 2.45) is 29.4 Å². The molecule has 0 saturated carbocycles. The summed E-state index contributed by atoms with van der Waals surface area (Å²) in [5.41, 5.74) is 6.46. The molecule has 0 aromatic heterocycles. The molecule has 14 nitrogen and oxygen atoms in total. The molecule has 0 radical (unpaired) electrons. The van der Waals surface area contributed by atoms with Gasteiger partial charge in [0.25, 0.3) is 0 Å². The minimum Gasteiger partial charge on any atom is -0.462 e. The first kappa shape index (κ1) is 56.4. The highest BCUT2D eigenvalue weighted by atomic mass is 28.4. The third kappa shape index (κ3) is 11.4. The van der Waals surface area contributed by atoms with E-state index in [9.17, 15) is 9.90 Å². The van der Waals surface area contributed by atoms with E-state index in [0.29, 0.717) is 37.7 Å². The molecule has 400 valence electrons. The van der Waals surface area contributed by atoms with Gasteiger partial charge in [-0.2, -0.15) is 0 Å². The number of rotatable bonds is 11. The van der Waals surface area contributed by atoms with Gasteiger partial charge in [-0.3, -0.25) is 4.79 Å². The third-order valence-corrected chi connectivity index (χ3v) is 21.9. The molecule has 0 amide bonds. The fraction of sp³-hybridized carbons (Fsp3) is 0.768. The second-order valence-corrected chi connectivity index (χ2v) is 28.2. The van der Waals surface area contributed by atoms with E-state index in [2.05, 4.69) is 93.3 Å². The number of methoxy groups -OCH3 is 2. The van der Waals surface area contributed by atoms with Gasteiger partial charge in [-0.15, -0.1) is 6.58 Å². The van der Waals surface area contributed by atoms with Crippen LogP contribution in [0.25, 0.3) is 0 Å². The molecule has 4 saturated heterocycles. The molecule has 15 heteroatoms. The van der Waals surface area contributed by atoms with Crippen molar-refractivity contribution in [1.82, 2.24) is 0 Å². The maximum absolute atomic E-state index is 14.9. The van der Waals surface area contributed by atoms with E-state index in [-0.39, 0.29) is 53.8 Å². The highest BCUT2D eigenvalue weighted by Crippen LogP contribution is 2.50. The van der Waals surface area contributed by atoms with Crippen LogP contribution in [0.3, 0.4) is 0 Å². The molecule has 0 aromatic carbocycles. The predicted molar refractivity (Wildman–Crippen MR) is 274 cm³/mol. The Morgan fingerprint density at radius 2 is 1.68 bits per heavy atom. The molecule has 0 aromatic rings. The maximum atomic E-state index is 14.9. The number of ether oxygens (including phenoxy) is 10. The molecule has 6 heterocycles. The summed E-state index contributed by atoms with van der Waals surface area (Å²) in [6.07, 6.45) is 12.7. The van der Waals surface area contributed by atoms with Gasteiger partial charge in [0.05, 0.1) is 61.0 Å². The number of esters is 1. The van der Waals surface area contributed by atoms with Gasteiger partial charge in [0, 0.05) is 51.7 Å². The summed E-state index contributed by atoms with van der Waals surface area (Å²) in [6, 6.07) is 0. The van der Waals surface area contributed by atoms with Crippen LogP contribution in [0.2, 0.25) is 18.1 Å². The van der Waals surface area contributed by atoms with Crippen LogP contribution in [0.5, 0.6) is 0 Å². The average molecular weight is 1010 g/mol. The Labute approximate surface area is 426 Å². The Balaban J connectivity index is 1.21. The standard InChI is InChI=1S/C56H89NO13Si/c1-17-32(3)48-35(6)24-25-54(69-48)30-41-27-40(68-54)23-22-34(5)47(66-45-28-43(60-13)50(37(8)63-45)67-46-29-44(61-14)55(57,18-2)38(9)64-46)33(4)20-19-21-39-31-62-51-49(70-71(15,16)53(10,11)12)36(7)26-42(52(58)65-41)56(39,51)59/h18-22,24-26,32-33,35,37-38,40-51,59H,2,17,23,27-31,57H2,1,3-16H3/b20-19+,34-22+,39-21+/t32-,33-,35-,37-,38-,40+,41-,42-,43-,44-,45-,46-,47-,48+,49+,50-,51+,54+,55-,56+/m0/s1. The first-order valence-corrected chi connectivity index (χ1v) is 29.3. The largest absolute Gasteiger partial charge is 0.462 e. The number of fused-ring (bicyclic) bond motifs is 2. The van der Waals surface area contributed by atoms with Crippen molar-refractivity contribution in [3.8, 4) is 0 Å². The lowest BCUT2D eigenvalue weighted by Crippen LogP contribution is -2.64. The van der Waals surface area contributed by atoms with Crippen molar-refractivity contribution < 1.29 is 61.7 Å². The van der Waals surface area contributed by atoms with Gasteiger partial charge in [0.15, 0.2) is 26.7 Å². The molecule has 0 unspecified atom stereocenters. The number of hydrogen-bond acceptors (Lipinski definition) is 14. The molecule has 1 aliphatic carbocycles. The second kappa shape index (κ2) is 22.1. The van der Waals surface area contributed by atoms with Gasteiger partial charge >= 0.3 is 5.97 Å². The van der Waals surface area contributed by atoms with Gasteiger partial charge in [0.1, 0.15) is 29.8 Å². The highest BCUT2D eigenvalue weighted by molar-refractivity contribution is 6.74. The summed E-state index contributed by atoms with van der Waals surface area (Å²) in [6.45, 7) is 31.6. The second-order valence-electron chi connectivity index (χ2n) is 23.4. The van der Waals surface area contributed by atoms with E-state index < -0.39 is 92.4 Å². The van der Waals surface area contributed by atoms with E-state index in [4.69, 9.17) is 57.5 Å². The Morgan fingerprint density at radius 3 is 2.34 bits per heavy atom. The lowest BCUT2D eigenvalue weighted by molar-refractivity contribution is -0.314. The normalized spacial score (nSPS) is 45.9. The van der Waals surface area contributed by atoms with Crippen LogP contribution in [0, 0.1) is 23.7 Å². The average Bonchev–Trinajstić information content (AvgIpc) is 3.65. The highest BCUT2D eigenvalue weighted by Gasteiger charge is 2.62. The fourth-order valence-electron chi connectivity index (χ4n) is 11.6. The molecule has 20 atom stereocenters. The van der Waals surface area contributed by atoms with E-state index in [1.165, 1.54) is 0 Å². The van der Waals surface area contributed by atoms with Crippen LogP contribution in [-0.2, 0) is 56.6 Å². The minimum absolute atomic E-state index is 0.0882. The van der Waals surface area contributed by atoms with E-state index >= 15 is 0 Å². The molecule has 4 fully saturated rings. The SMILES string of the molecule is C=C[C@]1(N)[C@H](C)O[C@@H](O[C@H]2[C@H](C)O[C@@H](O[C@@H]3/C(C)=C/C[C@@H]4C[C@@H](C[C@]5(C=C[C@H](C)[C@@H]([C@@H](C)CC)O5)O4)OC(=O)[C@@H]4C=C(C)[C@@H](O[Si](C)(C)C(C)(C)C)[C@H]5OC/C(=C\C=C\[C@@H]3C)[C@]54O)C[C@@H]2OC)C[C@@H]1OC. The molecule has 7 rings (SSSR count). The van der Waals surface area contributed by atoms with Gasteiger partial charge < -0.3 is 62.6 Å². The molecule has 6 aliphatic heterocycles. The first-order chi connectivity index (χ1) is 33.3. The van der Waals surface area contributed by atoms with Crippen LogP contribution in [-0.4, -0.2) is 137 Å². The quantitative estimate of drug-likeness (QED) is 0.115. The van der Waals surface area contributed by atoms with Gasteiger partial charge in [-0.25, -0.2) is 0 Å². The van der Waals surface area contributed by atoms with Crippen LogP contribution in [0.4, 0.5) is 0 Å². The monoisotopic (exact) mass is 1010 g/mol. The van der Waals surface area contributed by atoms with Crippen molar-refractivity contribution >= 4 is 14.3 Å². The Kier molecular flexibility index (Phi) is 17.5. The number of nitrogens with two attached hydrogens (primary N) is 1. The van der Waals surface area contributed by atoms with Crippen LogP contribution < -0.4 is 5.73 Å². The van der Waals surface area contributed by atoms with Crippen molar-refractivity contribution in [2.45, 2.75) is 229 Å². The molecule has 1 spiro atoms. The van der Waals surface area contributed by atoms with Crippen LogP contribution in [0.15, 0.2) is 71.9 Å². The lowest BCUT2D eigenvalue weighted by Gasteiger charge is -2.49. The van der Waals surface area contributed by atoms with Gasteiger partial charge in [-0.05, 0) is 81.0 Å². The number of allylic oxidation sites excluding steroid dienone is 2. The van der Waals surface area contributed by atoms with Crippen molar-refractivity contribution in [3.05, 3.63) is 71.9 Å². The topological polar surface area (TPSA) is 165 Å². The number of carbonyl (C=O) groups is 1. The zero-order valence-corrected chi connectivity index (χ0v) is 46.5. The zero-order chi connectivity index (χ0) is 52.0. The summed E-state index contributed by atoms with van der Waals surface area (Å²) in [5.74, 6) is -2.40. The zero-order valence-electron chi connectivity index (χ0n) is 45.5. The van der Waals surface area contributed by atoms with Crippen molar-refractivity contribution in [1.29, 1.82) is 0 Å². The first-order valence-electron chi connectivity index (χ1n) is 26.4. The molecular formula is C56H89NO13Si. The van der Waals surface area contributed by atoms with Gasteiger partial charge in [0.2, 0.25) is 0 Å². The summed E-state index contributed by atoms with van der Waals surface area (Å²) < 4.78 is 72.7. The Morgan fingerprint density at radius 1 is 0.958 bits per heavy atom. The summed E-state index contributed by atoms with van der Waals surface area (Å²) in [4.78, 5) is 14.9. The maximum Gasteiger partial charge on any atom is 0.316 e. The van der Waals surface area contributed by atoms with E-state index in [0.717, 1.165) is 17.6 Å². The van der Waals surface area contributed by atoms with Crippen molar-refractivity contribution in [2.75, 3.05) is 20.8 Å². The van der Waals surface area contributed by atoms with Gasteiger partial charge in [-0.1, -0.05) is 97.4 Å². The van der Waals surface area contributed by atoms with E-state index in [1.54, 1.807) is 20.3 Å². The number of aliphatic hydroxyl groups is 1. The minimum atomic E-state index is -2.38. The molecule has 3 N–H and O–H groups in total. The molecule has 7 aliphatic rings. The fourth-order valence-corrected chi connectivity index (χ4v) is 12.9. The van der Waals surface area contributed by atoms with Crippen molar-refractivity contribution in [3.63, 3.8) is 0 Å². The third-order valence-electron chi connectivity index (χ3n) is 17.4. The van der Waals surface area contributed by atoms with Crippen LogP contribution >= 0.6 is 0 Å². The lowest BCUT2D eigenvalue weighted by atomic mass is 9.71. The predicted octanol–water partition coefficient (Wildman–Crippen LogP) is 8.93. The Hall–Kier alpha value is -2.35. The molecule has 71 heavy (non-hydrogen) atoms. The van der Waals surface area contributed by atoms with Crippen LogP contribution in [0.1, 0.15) is 115 Å². The molecule has 2 bridgehead atoms. The summed E-state index contributed by atoms with van der Waals surface area (Å²) >= 11 is 0. The number of carbonyl (C=O) groups excluding carboxylic acids is 1. The molecular weight excluding hydrogens is 923 g/mol.